The zero-order valence-electron chi connectivity index (χ0n) is 23.9. The summed E-state index contributed by atoms with van der Waals surface area (Å²) in [6, 6.07) is 14.1. The van der Waals surface area contributed by atoms with Crippen LogP contribution in [0.5, 0.6) is 0 Å². The molecule has 0 spiro atoms. The highest BCUT2D eigenvalue weighted by molar-refractivity contribution is 7.38. The topological polar surface area (TPSA) is 70.7 Å². The molecule has 2 N–H and O–H groups in total. The summed E-state index contributed by atoms with van der Waals surface area (Å²) < 4.78 is 6.69. The van der Waals surface area contributed by atoms with E-state index in [9.17, 15) is 9.59 Å². The quantitative estimate of drug-likeness (QED) is 0.134. The highest BCUT2D eigenvalue weighted by atomic mass is 32.2. The van der Waals surface area contributed by atoms with Gasteiger partial charge >= 0.3 is 5.97 Å². The van der Waals surface area contributed by atoms with E-state index in [4.69, 9.17) is 4.74 Å². The van der Waals surface area contributed by atoms with Crippen molar-refractivity contribution in [1.82, 2.24) is 15.5 Å². The van der Waals surface area contributed by atoms with E-state index in [0.717, 1.165) is 67.1 Å². The second kappa shape index (κ2) is 16.9. The Hall–Kier alpha value is -2.26. The maximum Gasteiger partial charge on any atom is 0.328 e. The van der Waals surface area contributed by atoms with Crippen molar-refractivity contribution in [3.8, 4) is 0 Å². The molecule has 4 rings (SSSR count). The fourth-order valence-corrected chi connectivity index (χ4v) is 7.31. The second-order valence-electron chi connectivity index (χ2n) is 10.9. The lowest BCUT2D eigenvalue weighted by atomic mass is 9.93. The zero-order valence-corrected chi connectivity index (χ0v) is 25.5. The summed E-state index contributed by atoms with van der Waals surface area (Å²) in [7, 11) is 0. The molecule has 1 saturated heterocycles. The molecule has 40 heavy (non-hydrogen) atoms. The SMILES string of the molecule is CCCCCCOC(=O)[C@H](CCCNCCC1CCN(Cc2ccccc2)CC1)NC(=O)c1cc2ccsc2s1. The molecule has 8 heteroatoms. The van der Waals surface area contributed by atoms with Gasteiger partial charge in [-0.15, -0.1) is 22.7 Å². The number of rotatable bonds is 17. The number of likely N-dealkylation sites (tertiary alicyclic amines) is 1. The lowest BCUT2D eigenvalue weighted by Crippen LogP contribution is -2.42. The standard InChI is InChI=1S/C32H45N3O3S2/c1-2-3-4-8-21-38-31(37)28(34-30(36)29-23-27-16-22-39-32(27)40-29)12-9-17-33-18-13-25-14-19-35(20-15-25)24-26-10-6-5-7-11-26/h5-7,10-11,16,22-23,25,28,33H,2-4,8-9,12-15,17-21,24H2,1H3,(H,34,36)/t28-/m0/s1. The Balaban J connectivity index is 1.15. The number of ether oxygens (including phenoxy) is 1. The molecule has 0 unspecified atom stereocenters. The van der Waals surface area contributed by atoms with Crippen molar-refractivity contribution < 1.29 is 14.3 Å². The molecule has 1 aliphatic heterocycles. The molecule has 3 heterocycles. The lowest BCUT2D eigenvalue weighted by Gasteiger charge is -2.32. The maximum absolute atomic E-state index is 13.0. The van der Waals surface area contributed by atoms with Crippen LogP contribution in [0.2, 0.25) is 0 Å². The van der Waals surface area contributed by atoms with Gasteiger partial charge in [-0.05, 0) is 93.7 Å². The van der Waals surface area contributed by atoms with Crippen LogP contribution in [-0.2, 0) is 16.1 Å². The first-order chi connectivity index (χ1) is 19.6. The molecule has 3 aromatic rings. The zero-order chi connectivity index (χ0) is 28.0. The second-order valence-corrected chi connectivity index (χ2v) is 13.1. The van der Waals surface area contributed by atoms with Crippen LogP contribution >= 0.6 is 22.7 Å². The molecule has 1 fully saturated rings. The smallest absolute Gasteiger partial charge is 0.328 e. The molecule has 0 aliphatic carbocycles. The predicted octanol–water partition coefficient (Wildman–Crippen LogP) is 6.86. The summed E-state index contributed by atoms with van der Waals surface area (Å²) in [5.41, 5.74) is 1.40. The van der Waals surface area contributed by atoms with Crippen molar-refractivity contribution in [2.24, 2.45) is 5.92 Å². The van der Waals surface area contributed by atoms with Gasteiger partial charge in [0, 0.05) is 11.9 Å². The van der Waals surface area contributed by atoms with Crippen molar-refractivity contribution in [2.75, 3.05) is 32.8 Å². The number of fused-ring (bicyclic) bond motifs is 1. The van der Waals surface area contributed by atoms with E-state index in [-0.39, 0.29) is 11.9 Å². The Bertz CT molecular complexity index is 1130. The monoisotopic (exact) mass is 583 g/mol. The van der Waals surface area contributed by atoms with Crippen LogP contribution in [0, 0.1) is 5.92 Å². The average Bonchev–Trinajstić information content (AvgIpc) is 3.58. The number of amides is 1. The molecule has 218 valence electrons. The number of hydrogen-bond donors (Lipinski definition) is 2. The number of carbonyl (C=O) groups is 2. The van der Waals surface area contributed by atoms with Crippen LogP contribution in [0.1, 0.15) is 79.9 Å². The molecule has 0 bridgehead atoms. The average molecular weight is 584 g/mol. The molecule has 1 amide bonds. The molecule has 1 aromatic carbocycles. The highest BCUT2D eigenvalue weighted by Crippen LogP contribution is 2.30. The molecule has 0 radical (unpaired) electrons. The first-order valence-electron chi connectivity index (χ1n) is 15.0. The van der Waals surface area contributed by atoms with Gasteiger partial charge in [0.05, 0.1) is 15.5 Å². The predicted molar refractivity (Wildman–Crippen MR) is 167 cm³/mol. The van der Waals surface area contributed by atoms with Crippen molar-refractivity contribution in [2.45, 2.75) is 77.3 Å². The number of benzene rings is 1. The Kier molecular flexibility index (Phi) is 12.9. The van der Waals surface area contributed by atoms with Crippen LogP contribution < -0.4 is 10.6 Å². The minimum absolute atomic E-state index is 0.187. The summed E-state index contributed by atoms with van der Waals surface area (Å²) in [4.78, 5) is 29.0. The fraction of sp³-hybridized carbons (Fsp3) is 0.562. The first kappa shape index (κ1) is 30.7. The number of nitrogens with zero attached hydrogens (tertiary/aromatic N) is 1. The molecular formula is C32H45N3O3S2. The van der Waals surface area contributed by atoms with Crippen molar-refractivity contribution >= 4 is 43.9 Å². The summed E-state index contributed by atoms with van der Waals surface area (Å²) in [5, 5.41) is 9.65. The van der Waals surface area contributed by atoms with E-state index >= 15 is 0 Å². The Morgan fingerprint density at radius 2 is 1.88 bits per heavy atom. The van der Waals surface area contributed by atoms with Gasteiger partial charge in [0.15, 0.2) is 0 Å². The van der Waals surface area contributed by atoms with Gasteiger partial charge in [0.2, 0.25) is 0 Å². The van der Waals surface area contributed by atoms with Crippen LogP contribution in [0.25, 0.3) is 9.40 Å². The third-order valence-electron chi connectivity index (χ3n) is 7.74. The summed E-state index contributed by atoms with van der Waals surface area (Å²) in [6.07, 6.45) is 9.30. The van der Waals surface area contributed by atoms with Gasteiger partial charge in [-0.25, -0.2) is 4.79 Å². The Morgan fingerprint density at radius 3 is 2.65 bits per heavy atom. The number of nitrogens with one attached hydrogen (secondary N) is 2. The molecule has 1 atom stereocenters. The number of thiophene rings is 2. The largest absolute Gasteiger partial charge is 0.464 e. The third-order valence-corrected chi connectivity index (χ3v) is 9.94. The minimum Gasteiger partial charge on any atom is -0.464 e. The molecule has 2 aromatic heterocycles. The van der Waals surface area contributed by atoms with Crippen LogP contribution in [0.4, 0.5) is 0 Å². The van der Waals surface area contributed by atoms with Gasteiger partial charge in [-0.3, -0.25) is 9.69 Å². The Labute approximate surface area is 247 Å². The minimum atomic E-state index is -0.616. The van der Waals surface area contributed by atoms with Crippen LogP contribution in [0.3, 0.4) is 0 Å². The van der Waals surface area contributed by atoms with E-state index in [1.807, 2.05) is 17.5 Å². The third kappa shape index (κ3) is 9.98. The fourth-order valence-electron chi connectivity index (χ4n) is 5.30. The normalized spacial score (nSPS) is 15.3. The maximum atomic E-state index is 13.0. The number of esters is 1. The molecule has 6 nitrogen and oxygen atoms in total. The van der Waals surface area contributed by atoms with Crippen molar-refractivity contribution in [3.63, 3.8) is 0 Å². The highest BCUT2D eigenvalue weighted by Gasteiger charge is 2.24. The summed E-state index contributed by atoms with van der Waals surface area (Å²) in [6.45, 7) is 7.80. The number of unbranched alkanes of at least 4 members (excludes halogenated alkanes) is 3. The van der Waals surface area contributed by atoms with Crippen molar-refractivity contribution in [3.05, 3.63) is 58.3 Å². The number of carbonyl (C=O) groups excluding carboxylic acids is 2. The van der Waals surface area contributed by atoms with E-state index < -0.39 is 6.04 Å². The van der Waals surface area contributed by atoms with E-state index in [1.54, 1.807) is 11.3 Å². The summed E-state index contributed by atoms with van der Waals surface area (Å²) in [5.74, 6) is 0.271. The van der Waals surface area contributed by atoms with Gasteiger partial charge in [0.1, 0.15) is 6.04 Å². The Morgan fingerprint density at radius 1 is 1.05 bits per heavy atom. The van der Waals surface area contributed by atoms with E-state index in [2.05, 4.69) is 52.8 Å². The van der Waals surface area contributed by atoms with Crippen LogP contribution in [0.15, 0.2) is 47.8 Å². The summed E-state index contributed by atoms with van der Waals surface area (Å²) >= 11 is 3.12. The van der Waals surface area contributed by atoms with Crippen molar-refractivity contribution in [1.29, 1.82) is 0 Å². The molecular weight excluding hydrogens is 539 g/mol. The van der Waals surface area contributed by atoms with E-state index in [1.165, 1.54) is 49.3 Å². The first-order valence-corrected chi connectivity index (χ1v) is 16.7. The van der Waals surface area contributed by atoms with Gasteiger partial charge in [-0.2, -0.15) is 0 Å². The van der Waals surface area contributed by atoms with Gasteiger partial charge in [-0.1, -0.05) is 56.5 Å². The molecule has 1 aliphatic rings. The van der Waals surface area contributed by atoms with E-state index in [0.29, 0.717) is 17.9 Å². The molecule has 0 saturated carbocycles. The number of piperidine rings is 1. The number of hydrogen-bond acceptors (Lipinski definition) is 7. The van der Waals surface area contributed by atoms with Gasteiger partial charge in [0.25, 0.3) is 5.91 Å². The van der Waals surface area contributed by atoms with Crippen LogP contribution in [-0.4, -0.2) is 55.6 Å². The van der Waals surface area contributed by atoms with Gasteiger partial charge < -0.3 is 15.4 Å². The lowest BCUT2D eigenvalue weighted by molar-refractivity contribution is -0.146.